The summed E-state index contributed by atoms with van der Waals surface area (Å²) in [6.07, 6.45) is 0. The second kappa shape index (κ2) is 5.58. The molecule has 0 amide bonds. The predicted molar refractivity (Wildman–Crippen MR) is 66.5 cm³/mol. The number of carboxylic acids is 1. The van der Waals surface area contributed by atoms with Gasteiger partial charge in [-0.05, 0) is 13.0 Å². The summed E-state index contributed by atoms with van der Waals surface area (Å²) < 4.78 is 40.5. The lowest BCUT2D eigenvalue weighted by Crippen LogP contribution is -2.04. The molecule has 0 unspecified atom stereocenters. The van der Waals surface area contributed by atoms with Gasteiger partial charge in [-0.25, -0.2) is 17.9 Å². The summed E-state index contributed by atoms with van der Waals surface area (Å²) in [5.74, 6) is -5.48. The normalized spacial score (nSPS) is 10.8. The zero-order valence-electron chi connectivity index (χ0n) is 10.2. The SMILES string of the molecule is Cc1cc(SCC(=O)O)n(-c2cc(F)c(F)c(F)c2)n1. The van der Waals surface area contributed by atoms with Crippen molar-refractivity contribution >= 4 is 17.7 Å². The maximum Gasteiger partial charge on any atom is 0.313 e. The smallest absolute Gasteiger partial charge is 0.313 e. The van der Waals surface area contributed by atoms with E-state index >= 15 is 0 Å². The Morgan fingerprint density at radius 1 is 1.30 bits per heavy atom. The van der Waals surface area contributed by atoms with E-state index in [1.165, 1.54) is 4.68 Å². The van der Waals surface area contributed by atoms with E-state index in [1.54, 1.807) is 13.0 Å². The van der Waals surface area contributed by atoms with Gasteiger partial charge in [0.2, 0.25) is 0 Å². The van der Waals surface area contributed by atoms with Crippen molar-refractivity contribution < 1.29 is 23.1 Å². The first kappa shape index (κ1) is 14.4. The van der Waals surface area contributed by atoms with Crippen molar-refractivity contribution in [3.63, 3.8) is 0 Å². The third-order valence-corrected chi connectivity index (χ3v) is 3.33. The van der Waals surface area contributed by atoms with Crippen LogP contribution in [0.2, 0.25) is 0 Å². The number of carboxylic acid groups (broad SMARTS) is 1. The average Bonchev–Trinajstić information content (AvgIpc) is 2.74. The predicted octanol–water partition coefficient (Wildman–Crippen LogP) is 2.77. The molecule has 0 radical (unpaired) electrons. The highest BCUT2D eigenvalue weighted by atomic mass is 32.2. The van der Waals surface area contributed by atoms with Crippen LogP contribution in [0.3, 0.4) is 0 Å². The van der Waals surface area contributed by atoms with Crippen LogP contribution in [-0.4, -0.2) is 26.6 Å². The Morgan fingerprint density at radius 2 is 1.90 bits per heavy atom. The van der Waals surface area contributed by atoms with Crippen LogP contribution in [0.25, 0.3) is 5.69 Å². The second-order valence-electron chi connectivity index (χ2n) is 3.94. The number of hydrogen-bond donors (Lipinski definition) is 1. The van der Waals surface area contributed by atoms with E-state index in [0.717, 1.165) is 23.9 Å². The molecule has 1 aromatic heterocycles. The third kappa shape index (κ3) is 2.96. The van der Waals surface area contributed by atoms with E-state index in [2.05, 4.69) is 5.10 Å². The number of thioether (sulfide) groups is 1. The first-order valence-electron chi connectivity index (χ1n) is 5.44. The lowest BCUT2D eigenvalue weighted by Gasteiger charge is -2.07. The molecule has 0 saturated heterocycles. The van der Waals surface area contributed by atoms with Crippen LogP contribution < -0.4 is 0 Å². The minimum absolute atomic E-state index is 0.0117. The number of aryl methyl sites for hydroxylation is 1. The van der Waals surface area contributed by atoms with Gasteiger partial charge < -0.3 is 5.11 Å². The summed E-state index contributed by atoms with van der Waals surface area (Å²) in [6, 6.07) is 3.18. The lowest BCUT2D eigenvalue weighted by molar-refractivity contribution is -0.133. The Balaban J connectivity index is 2.44. The number of benzene rings is 1. The molecule has 1 N–H and O–H groups in total. The van der Waals surface area contributed by atoms with Gasteiger partial charge in [0, 0.05) is 12.1 Å². The standard InChI is InChI=1S/C12H9F3N2O2S/c1-6-2-10(20-5-11(18)19)17(16-6)7-3-8(13)12(15)9(14)4-7/h2-4H,5H2,1H3,(H,18,19). The van der Waals surface area contributed by atoms with Gasteiger partial charge in [-0.3, -0.25) is 4.79 Å². The first-order chi connectivity index (χ1) is 9.38. The van der Waals surface area contributed by atoms with E-state index in [9.17, 15) is 18.0 Å². The molecule has 0 atom stereocenters. The van der Waals surface area contributed by atoms with Crippen molar-refractivity contribution in [2.24, 2.45) is 0 Å². The summed E-state index contributed by atoms with van der Waals surface area (Å²) >= 11 is 0.949. The third-order valence-electron chi connectivity index (χ3n) is 2.36. The summed E-state index contributed by atoms with van der Waals surface area (Å²) in [7, 11) is 0. The topological polar surface area (TPSA) is 55.1 Å². The van der Waals surface area contributed by atoms with Crippen LogP contribution in [0.4, 0.5) is 13.2 Å². The number of carbonyl (C=O) groups is 1. The highest BCUT2D eigenvalue weighted by Crippen LogP contribution is 2.24. The zero-order valence-corrected chi connectivity index (χ0v) is 11.0. The Labute approximate surface area is 116 Å². The monoisotopic (exact) mass is 302 g/mol. The molecule has 2 aromatic rings. The Kier molecular flexibility index (Phi) is 4.03. The largest absolute Gasteiger partial charge is 0.481 e. The van der Waals surface area contributed by atoms with E-state index < -0.39 is 23.4 Å². The van der Waals surface area contributed by atoms with Crippen molar-refractivity contribution in [3.8, 4) is 5.69 Å². The van der Waals surface area contributed by atoms with Crippen molar-refractivity contribution in [1.82, 2.24) is 9.78 Å². The molecule has 0 saturated carbocycles. The minimum Gasteiger partial charge on any atom is -0.481 e. The summed E-state index contributed by atoms with van der Waals surface area (Å²) in [4.78, 5) is 10.6. The van der Waals surface area contributed by atoms with Crippen LogP contribution >= 0.6 is 11.8 Å². The lowest BCUT2D eigenvalue weighted by atomic mass is 10.3. The van der Waals surface area contributed by atoms with Crippen LogP contribution in [0.1, 0.15) is 5.69 Å². The van der Waals surface area contributed by atoms with Crippen LogP contribution in [0.5, 0.6) is 0 Å². The number of halogens is 3. The molecule has 20 heavy (non-hydrogen) atoms. The molecule has 8 heteroatoms. The van der Waals surface area contributed by atoms with E-state index in [1.807, 2.05) is 0 Å². The fourth-order valence-electron chi connectivity index (χ4n) is 1.56. The summed E-state index contributed by atoms with van der Waals surface area (Å²) in [5, 5.41) is 13.1. The minimum atomic E-state index is -1.56. The number of hydrogen-bond acceptors (Lipinski definition) is 3. The summed E-state index contributed by atoms with van der Waals surface area (Å²) in [6.45, 7) is 1.65. The number of nitrogens with zero attached hydrogens (tertiary/aromatic N) is 2. The Morgan fingerprint density at radius 3 is 2.45 bits per heavy atom. The number of aliphatic carboxylic acids is 1. The second-order valence-corrected chi connectivity index (χ2v) is 4.94. The molecule has 0 fully saturated rings. The molecule has 0 bridgehead atoms. The molecule has 0 aliphatic rings. The Hall–Kier alpha value is -1.96. The molecule has 0 aliphatic heterocycles. The van der Waals surface area contributed by atoms with Gasteiger partial charge in [0.05, 0.1) is 17.1 Å². The Bertz CT molecular complexity index is 650. The molecule has 0 spiro atoms. The van der Waals surface area contributed by atoms with Gasteiger partial charge in [0.15, 0.2) is 17.5 Å². The van der Waals surface area contributed by atoms with Gasteiger partial charge in [-0.1, -0.05) is 11.8 Å². The maximum atomic E-state index is 13.2. The molecular formula is C12H9F3N2O2S. The highest BCUT2D eigenvalue weighted by Gasteiger charge is 2.15. The van der Waals surface area contributed by atoms with Gasteiger partial charge in [0.25, 0.3) is 0 Å². The van der Waals surface area contributed by atoms with Crippen LogP contribution in [0.15, 0.2) is 23.2 Å². The number of aromatic nitrogens is 2. The van der Waals surface area contributed by atoms with Crippen LogP contribution in [-0.2, 0) is 4.79 Å². The zero-order chi connectivity index (χ0) is 14.9. The fraction of sp³-hybridized carbons (Fsp3) is 0.167. The highest BCUT2D eigenvalue weighted by molar-refractivity contribution is 7.99. The van der Waals surface area contributed by atoms with Gasteiger partial charge in [0.1, 0.15) is 5.03 Å². The molecule has 1 heterocycles. The van der Waals surface area contributed by atoms with Gasteiger partial charge in [-0.2, -0.15) is 5.10 Å². The molecule has 1 aromatic carbocycles. The number of rotatable bonds is 4. The molecule has 106 valence electrons. The van der Waals surface area contributed by atoms with Crippen molar-refractivity contribution in [2.75, 3.05) is 5.75 Å². The quantitative estimate of drug-likeness (QED) is 0.697. The molecule has 4 nitrogen and oxygen atoms in total. The van der Waals surface area contributed by atoms with Crippen molar-refractivity contribution in [2.45, 2.75) is 11.9 Å². The van der Waals surface area contributed by atoms with E-state index in [4.69, 9.17) is 5.11 Å². The van der Waals surface area contributed by atoms with E-state index in [0.29, 0.717) is 10.7 Å². The fourth-order valence-corrected chi connectivity index (χ4v) is 2.36. The molecule has 0 aliphatic carbocycles. The van der Waals surface area contributed by atoms with Crippen molar-refractivity contribution in [3.05, 3.63) is 41.3 Å². The van der Waals surface area contributed by atoms with Gasteiger partial charge >= 0.3 is 5.97 Å². The van der Waals surface area contributed by atoms with E-state index in [-0.39, 0.29) is 11.4 Å². The van der Waals surface area contributed by atoms with Crippen LogP contribution in [0, 0.1) is 24.4 Å². The maximum absolute atomic E-state index is 13.2. The first-order valence-corrected chi connectivity index (χ1v) is 6.43. The molecular weight excluding hydrogens is 293 g/mol. The average molecular weight is 302 g/mol. The summed E-state index contributed by atoms with van der Waals surface area (Å²) in [5.41, 5.74) is 0.533. The van der Waals surface area contributed by atoms with Gasteiger partial charge in [-0.15, -0.1) is 0 Å². The molecule has 2 rings (SSSR count). The van der Waals surface area contributed by atoms with Crippen molar-refractivity contribution in [1.29, 1.82) is 0 Å².